The fourth-order valence-corrected chi connectivity index (χ4v) is 2.48. The number of halogens is 1. The number of hydrogen-bond acceptors (Lipinski definition) is 3. The largest absolute Gasteiger partial charge is 0.372 e. The van der Waals surface area contributed by atoms with E-state index in [0.717, 1.165) is 19.0 Å². The molecule has 1 aromatic heterocycles. The molecule has 1 amide bonds. The normalized spacial score (nSPS) is 11.0. The number of nitrogens with one attached hydrogen (secondary N) is 1. The molecule has 118 valence electrons. The summed E-state index contributed by atoms with van der Waals surface area (Å²) in [7, 11) is 1.68. The number of aromatic nitrogens is 1. The molecule has 0 aliphatic rings. The minimum atomic E-state index is -0.494. The highest BCUT2D eigenvalue weighted by Crippen LogP contribution is 2.20. The maximum Gasteiger partial charge on any atom is 0.257 e. The average Bonchev–Trinajstić information content (AvgIpc) is 2.46. The van der Waals surface area contributed by atoms with Crippen LogP contribution in [0.25, 0.3) is 0 Å². The van der Waals surface area contributed by atoms with E-state index >= 15 is 0 Å². The maximum absolute atomic E-state index is 13.5. The van der Waals surface area contributed by atoms with Crippen LogP contribution in [0.2, 0.25) is 0 Å². The van der Waals surface area contributed by atoms with Gasteiger partial charge < -0.3 is 10.2 Å². The Labute approximate surface area is 126 Å². The summed E-state index contributed by atoms with van der Waals surface area (Å²) in [5.41, 5.74) is 0.296. The van der Waals surface area contributed by atoms with Gasteiger partial charge in [0.2, 0.25) is 0 Å². The monoisotopic (exact) mass is 295 g/mol. The minimum Gasteiger partial charge on any atom is -0.372 e. The first-order valence-corrected chi connectivity index (χ1v) is 7.58. The summed E-state index contributed by atoms with van der Waals surface area (Å²) >= 11 is 0. The number of anilines is 1. The highest BCUT2D eigenvalue weighted by molar-refractivity contribution is 5.98. The predicted octanol–water partition coefficient (Wildman–Crippen LogP) is 3.55. The SMILES string of the molecule is CCC(CC)N(CC(C)C)C(=O)c1cc(F)cnc1NC. The van der Waals surface area contributed by atoms with Crippen molar-refractivity contribution in [3.05, 3.63) is 23.6 Å². The lowest BCUT2D eigenvalue weighted by Gasteiger charge is -2.32. The third-order valence-corrected chi connectivity index (χ3v) is 3.53. The molecule has 4 nitrogen and oxygen atoms in total. The maximum atomic E-state index is 13.5. The molecule has 0 spiro atoms. The molecule has 1 heterocycles. The van der Waals surface area contributed by atoms with Crippen molar-refractivity contribution in [1.82, 2.24) is 9.88 Å². The molecule has 5 heteroatoms. The molecule has 21 heavy (non-hydrogen) atoms. The summed E-state index contributed by atoms with van der Waals surface area (Å²) < 4.78 is 13.5. The van der Waals surface area contributed by atoms with Gasteiger partial charge in [-0.05, 0) is 24.8 Å². The van der Waals surface area contributed by atoms with Crippen molar-refractivity contribution in [2.75, 3.05) is 18.9 Å². The van der Waals surface area contributed by atoms with Gasteiger partial charge in [-0.2, -0.15) is 0 Å². The van der Waals surface area contributed by atoms with Gasteiger partial charge in [-0.3, -0.25) is 4.79 Å². The topological polar surface area (TPSA) is 45.2 Å². The van der Waals surface area contributed by atoms with Gasteiger partial charge in [0.05, 0.1) is 11.8 Å². The van der Waals surface area contributed by atoms with Crippen LogP contribution in [0.4, 0.5) is 10.2 Å². The summed E-state index contributed by atoms with van der Waals surface area (Å²) in [6.45, 7) is 8.94. The number of nitrogens with zero attached hydrogens (tertiary/aromatic N) is 2. The second kappa shape index (κ2) is 7.96. The van der Waals surface area contributed by atoms with Crippen molar-refractivity contribution in [2.45, 2.75) is 46.6 Å². The van der Waals surface area contributed by atoms with Gasteiger partial charge >= 0.3 is 0 Å². The Morgan fingerprint density at radius 1 is 1.38 bits per heavy atom. The van der Waals surface area contributed by atoms with Crippen molar-refractivity contribution < 1.29 is 9.18 Å². The van der Waals surface area contributed by atoms with Gasteiger partial charge in [0.1, 0.15) is 11.6 Å². The molecule has 0 saturated heterocycles. The van der Waals surface area contributed by atoms with Gasteiger partial charge in [-0.1, -0.05) is 27.7 Å². The van der Waals surface area contributed by atoms with Crippen molar-refractivity contribution >= 4 is 11.7 Å². The van der Waals surface area contributed by atoms with Crippen molar-refractivity contribution in [3.63, 3.8) is 0 Å². The molecule has 0 aliphatic carbocycles. The van der Waals surface area contributed by atoms with Crippen LogP contribution in [0.1, 0.15) is 50.9 Å². The van der Waals surface area contributed by atoms with Crippen LogP contribution in [0, 0.1) is 11.7 Å². The molecule has 0 bridgehead atoms. The van der Waals surface area contributed by atoms with E-state index in [-0.39, 0.29) is 11.9 Å². The molecule has 0 fully saturated rings. The lowest BCUT2D eigenvalue weighted by Crippen LogP contribution is -2.42. The lowest BCUT2D eigenvalue weighted by atomic mass is 10.1. The zero-order valence-corrected chi connectivity index (χ0v) is 13.6. The number of carbonyl (C=O) groups excluding carboxylic acids is 1. The molecular weight excluding hydrogens is 269 g/mol. The smallest absolute Gasteiger partial charge is 0.257 e. The Hall–Kier alpha value is -1.65. The number of pyridine rings is 1. The molecular formula is C16H26FN3O. The standard InChI is InChI=1S/C16H26FN3O/c1-6-13(7-2)20(10-11(3)4)16(21)14-8-12(17)9-19-15(14)18-5/h8-9,11,13H,6-7,10H2,1-5H3,(H,18,19). The van der Waals surface area contributed by atoms with Crippen LogP contribution in [-0.4, -0.2) is 35.4 Å². The van der Waals surface area contributed by atoms with E-state index in [4.69, 9.17) is 0 Å². The van der Waals surface area contributed by atoms with E-state index < -0.39 is 5.82 Å². The highest BCUT2D eigenvalue weighted by atomic mass is 19.1. The minimum absolute atomic E-state index is 0.159. The Bertz CT molecular complexity index is 473. The van der Waals surface area contributed by atoms with Crippen LogP contribution in [-0.2, 0) is 0 Å². The predicted molar refractivity (Wildman–Crippen MR) is 84.0 cm³/mol. The summed E-state index contributed by atoms with van der Waals surface area (Å²) in [4.78, 5) is 18.7. The first-order valence-electron chi connectivity index (χ1n) is 7.58. The molecule has 0 unspecified atom stereocenters. The van der Waals surface area contributed by atoms with E-state index in [9.17, 15) is 9.18 Å². The first-order chi connectivity index (χ1) is 9.94. The second-order valence-electron chi connectivity index (χ2n) is 5.62. The van der Waals surface area contributed by atoms with Gasteiger partial charge in [0, 0.05) is 19.6 Å². The summed E-state index contributed by atoms with van der Waals surface area (Å²) in [6.07, 6.45) is 2.88. The second-order valence-corrected chi connectivity index (χ2v) is 5.62. The number of rotatable bonds is 7. The molecule has 1 N–H and O–H groups in total. The van der Waals surface area contributed by atoms with Crippen molar-refractivity contribution in [1.29, 1.82) is 0 Å². The van der Waals surface area contributed by atoms with E-state index in [0.29, 0.717) is 23.8 Å². The van der Waals surface area contributed by atoms with Gasteiger partial charge in [-0.15, -0.1) is 0 Å². The van der Waals surface area contributed by atoms with E-state index in [1.54, 1.807) is 7.05 Å². The average molecular weight is 295 g/mol. The Morgan fingerprint density at radius 3 is 2.48 bits per heavy atom. The fraction of sp³-hybridized carbons (Fsp3) is 0.625. The van der Waals surface area contributed by atoms with Crippen molar-refractivity contribution in [2.24, 2.45) is 5.92 Å². The van der Waals surface area contributed by atoms with E-state index in [2.05, 4.69) is 38.0 Å². The third kappa shape index (κ3) is 4.41. The third-order valence-electron chi connectivity index (χ3n) is 3.53. The number of carbonyl (C=O) groups is 1. The van der Waals surface area contributed by atoms with Crippen molar-refractivity contribution in [3.8, 4) is 0 Å². The van der Waals surface area contributed by atoms with Gasteiger partial charge in [0.15, 0.2) is 0 Å². The Kier molecular flexibility index (Phi) is 6.59. The van der Waals surface area contributed by atoms with Gasteiger partial charge in [-0.25, -0.2) is 9.37 Å². The summed E-state index contributed by atoms with van der Waals surface area (Å²) in [5, 5.41) is 2.86. The summed E-state index contributed by atoms with van der Waals surface area (Å²) in [6, 6.07) is 1.42. The van der Waals surface area contributed by atoms with Gasteiger partial charge in [0.25, 0.3) is 5.91 Å². The Balaban J connectivity index is 3.18. The molecule has 0 aromatic carbocycles. The molecule has 1 aromatic rings. The number of hydrogen-bond donors (Lipinski definition) is 1. The molecule has 1 rings (SSSR count). The summed E-state index contributed by atoms with van der Waals surface area (Å²) in [5.74, 6) is 0.121. The van der Waals surface area contributed by atoms with E-state index in [1.807, 2.05) is 4.90 Å². The first kappa shape index (κ1) is 17.4. The molecule has 0 radical (unpaired) electrons. The lowest BCUT2D eigenvalue weighted by molar-refractivity contribution is 0.0640. The zero-order chi connectivity index (χ0) is 16.0. The van der Waals surface area contributed by atoms with Crippen LogP contribution < -0.4 is 5.32 Å². The zero-order valence-electron chi connectivity index (χ0n) is 13.6. The van der Waals surface area contributed by atoms with E-state index in [1.165, 1.54) is 6.07 Å². The molecule has 0 saturated carbocycles. The molecule has 0 atom stereocenters. The fourth-order valence-electron chi connectivity index (χ4n) is 2.48. The quantitative estimate of drug-likeness (QED) is 0.836. The molecule has 0 aliphatic heterocycles. The van der Waals surface area contributed by atoms with Crippen LogP contribution in [0.3, 0.4) is 0 Å². The van der Waals surface area contributed by atoms with Crippen LogP contribution >= 0.6 is 0 Å². The number of amides is 1. The van der Waals surface area contributed by atoms with Crippen LogP contribution in [0.5, 0.6) is 0 Å². The van der Waals surface area contributed by atoms with Crippen LogP contribution in [0.15, 0.2) is 12.3 Å². The Morgan fingerprint density at radius 2 is 2.00 bits per heavy atom. The highest BCUT2D eigenvalue weighted by Gasteiger charge is 2.25.